The molecule has 0 spiro atoms. The zero-order valence-electron chi connectivity index (χ0n) is 37.8. The number of benzene rings is 1. The van der Waals surface area contributed by atoms with E-state index in [1.54, 1.807) is 7.11 Å². The number of likely N-dealkylation sites (tertiary alicyclic amines) is 2. The summed E-state index contributed by atoms with van der Waals surface area (Å²) in [5.41, 5.74) is 1.15. The number of hydrogen-bond donors (Lipinski definition) is 0. The molecule has 0 radical (unpaired) electrons. The molecule has 4 aliphatic heterocycles. The van der Waals surface area contributed by atoms with E-state index in [4.69, 9.17) is 28.4 Å². The maximum atomic E-state index is 14.1. The van der Waals surface area contributed by atoms with Gasteiger partial charge in [-0.05, 0) is 51.0 Å². The molecule has 0 bridgehead atoms. The Hall–Kier alpha value is -2.74. The predicted octanol–water partition coefficient (Wildman–Crippen LogP) is 7.72. The predicted molar refractivity (Wildman–Crippen MR) is 234 cm³/mol. The van der Waals surface area contributed by atoms with Crippen molar-refractivity contribution in [2.45, 2.75) is 160 Å². The number of imide groups is 2. The smallest absolute Gasteiger partial charge is 0.235 e. The Labute approximate surface area is 366 Å². The van der Waals surface area contributed by atoms with Gasteiger partial charge in [0.2, 0.25) is 23.6 Å². The molecule has 8 unspecified atom stereocenters. The van der Waals surface area contributed by atoms with Crippen LogP contribution in [0.3, 0.4) is 0 Å². The van der Waals surface area contributed by atoms with E-state index in [-0.39, 0.29) is 36.8 Å². The molecule has 0 aliphatic carbocycles. The van der Waals surface area contributed by atoms with Crippen molar-refractivity contribution in [3.05, 3.63) is 35.9 Å². The highest BCUT2D eigenvalue weighted by Crippen LogP contribution is 2.47. The van der Waals surface area contributed by atoms with Crippen molar-refractivity contribution >= 4 is 23.6 Å². The topological polar surface area (TPSA) is 130 Å². The number of rotatable bonds is 34. The minimum atomic E-state index is -0.616. The Morgan fingerprint density at radius 3 is 1.43 bits per heavy atom. The van der Waals surface area contributed by atoms with Gasteiger partial charge >= 0.3 is 0 Å². The van der Waals surface area contributed by atoms with Crippen LogP contribution < -0.4 is 0 Å². The average Bonchev–Trinajstić information content (AvgIpc) is 3.97. The Morgan fingerprint density at radius 2 is 0.918 bits per heavy atom. The SMILES string of the molecule is CCCCCCCCCCCCCCCCN1C(=O)C2C(CCOCC)OC(CCC3OC(CCc4ccccc4)C4C(=O)N(CCOCCOCCOC)C(=O)C34)C2C1=O. The second-order valence-corrected chi connectivity index (χ2v) is 17.6. The number of methoxy groups -OCH3 is 1. The van der Waals surface area contributed by atoms with Gasteiger partial charge < -0.3 is 28.4 Å². The lowest BCUT2D eigenvalue weighted by Crippen LogP contribution is -2.39. The van der Waals surface area contributed by atoms with Gasteiger partial charge in [0.1, 0.15) is 0 Å². The number of carbonyl (C=O) groups is 4. The third-order valence-corrected chi connectivity index (χ3v) is 13.3. The average molecular weight is 855 g/mol. The highest BCUT2D eigenvalue weighted by atomic mass is 16.5. The van der Waals surface area contributed by atoms with Gasteiger partial charge in [0, 0.05) is 26.9 Å². The molecule has 1 aromatic carbocycles. The number of hydrogen-bond acceptors (Lipinski definition) is 10. The Morgan fingerprint density at radius 1 is 0.475 bits per heavy atom. The fraction of sp³-hybridized carbons (Fsp3) is 0.796. The first kappa shape index (κ1) is 49.3. The molecule has 0 aromatic heterocycles. The summed E-state index contributed by atoms with van der Waals surface area (Å²) in [4.78, 5) is 58.9. The molecule has 4 saturated heterocycles. The molecule has 4 aliphatic rings. The van der Waals surface area contributed by atoms with E-state index < -0.39 is 48.1 Å². The van der Waals surface area contributed by atoms with Crippen molar-refractivity contribution in [3.8, 4) is 0 Å². The van der Waals surface area contributed by atoms with Crippen LogP contribution in [0.15, 0.2) is 30.3 Å². The van der Waals surface area contributed by atoms with Crippen LogP contribution in [0.25, 0.3) is 0 Å². The maximum Gasteiger partial charge on any atom is 0.235 e. The summed E-state index contributed by atoms with van der Waals surface area (Å²) < 4.78 is 35.1. The number of carbonyl (C=O) groups excluding carboxylic acids is 4. The molecule has 5 rings (SSSR count). The van der Waals surface area contributed by atoms with Gasteiger partial charge in [-0.25, -0.2) is 0 Å². The fourth-order valence-corrected chi connectivity index (χ4v) is 10.0. The van der Waals surface area contributed by atoms with Gasteiger partial charge in [0.25, 0.3) is 0 Å². The van der Waals surface area contributed by atoms with Gasteiger partial charge in [-0.1, -0.05) is 121 Å². The van der Waals surface area contributed by atoms with Crippen LogP contribution in [0.1, 0.15) is 135 Å². The molecule has 61 heavy (non-hydrogen) atoms. The third-order valence-electron chi connectivity index (χ3n) is 13.3. The monoisotopic (exact) mass is 855 g/mol. The highest BCUT2D eigenvalue weighted by Gasteiger charge is 2.61. The summed E-state index contributed by atoms with van der Waals surface area (Å²) in [5, 5.41) is 0. The first-order valence-corrected chi connectivity index (χ1v) is 24.2. The molecule has 8 atom stereocenters. The van der Waals surface area contributed by atoms with Crippen molar-refractivity contribution in [1.29, 1.82) is 0 Å². The van der Waals surface area contributed by atoms with Gasteiger partial charge in [-0.3, -0.25) is 29.0 Å². The summed E-state index contributed by atoms with van der Waals surface area (Å²) in [6.07, 6.45) is 18.4. The van der Waals surface area contributed by atoms with Crippen molar-refractivity contribution < 1.29 is 47.6 Å². The molecule has 12 heteroatoms. The van der Waals surface area contributed by atoms with E-state index in [9.17, 15) is 19.2 Å². The normalized spacial score (nSPS) is 26.0. The zero-order chi connectivity index (χ0) is 43.2. The van der Waals surface area contributed by atoms with E-state index in [0.717, 1.165) is 31.2 Å². The Balaban J connectivity index is 1.14. The maximum absolute atomic E-state index is 14.1. The number of fused-ring (bicyclic) bond motifs is 2. The van der Waals surface area contributed by atoms with Crippen molar-refractivity contribution in [1.82, 2.24) is 9.80 Å². The van der Waals surface area contributed by atoms with E-state index >= 15 is 0 Å². The highest BCUT2D eigenvalue weighted by molar-refractivity contribution is 6.07. The Bertz CT molecular complexity index is 1450. The number of unbranched alkanes of at least 4 members (excludes halogenated alkanes) is 13. The number of aryl methyl sites for hydroxylation is 1. The number of ether oxygens (including phenoxy) is 6. The van der Waals surface area contributed by atoms with Crippen LogP contribution in [-0.4, -0.2) is 124 Å². The lowest BCUT2D eigenvalue weighted by molar-refractivity contribution is -0.147. The molecule has 4 amide bonds. The first-order valence-electron chi connectivity index (χ1n) is 24.2. The van der Waals surface area contributed by atoms with Gasteiger partial charge in [0.05, 0.1) is 87.7 Å². The molecule has 4 fully saturated rings. The minimum Gasteiger partial charge on any atom is -0.382 e. The van der Waals surface area contributed by atoms with E-state index in [2.05, 4.69) is 19.1 Å². The van der Waals surface area contributed by atoms with Crippen molar-refractivity contribution in [3.63, 3.8) is 0 Å². The summed E-state index contributed by atoms with van der Waals surface area (Å²) >= 11 is 0. The van der Waals surface area contributed by atoms with Crippen LogP contribution in [0.5, 0.6) is 0 Å². The summed E-state index contributed by atoms with van der Waals surface area (Å²) in [5.74, 6) is -2.99. The van der Waals surface area contributed by atoms with Crippen LogP contribution >= 0.6 is 0 Å². The van der Waals surface area contributed by atoms with Crippen molar-refractivity contribution in [2.24, 2.45) is 23.7 Å². The van der Waals surface area contributed by atoms with Crippen molar-refractivity contribution in [2.75, 3.05) is 66.4 Å². The zero-order valence-corrected chi connectivity index (χ0v) is 37.8. The molecular weight excluding hydrogens is 777 g/mol. The molecule has 344 valence electrons. The van der Waals surface area contributed by atoms with Crippen LogP contribution in [0, 0.1) is 23.7 Å². The molecular formula is C49H78N2O10. The Kier molecular flexibility index (Phi) is 22.2. The molecule has 0 N–H and O–H groups in total. The standard InChI is InChI=1S/C49H78N2O10/c1-4-6-7-8-9-10-11-12-13-14-15-16-17-21-29-50-46(52)44-40(61-41(28-31-57-5-2)45(44)47(50)53)27-26-39-43-42(38(60-39)25-24-37-22-19-18-20-23-37)48(54)51(49(43)55)30-32-58-35-36-59-34-33-56-3/h18-20,22-23,38-45H,4-17,21,24-36H2,1-3H3. The minimum absolute atomic E-state index is 0.122. The van der Waals surface area contributed by atoms with E-state index in [1.165, 1.54) is 80.4 Å². The largest absolute Gasteiger partial charge is 0.382 e. The summed E-state index contributed by atoms with van der Waals surface area (Å²) in [7, 11) is 1.62. The van der Waals surface area contributed by atoms with Gasteiger partial charge in [0.15, 0.2) is 0 Å². The second kappa shape index (κ2) is 27.4. The van der Waals surface area contributed by atoms with E-state index in [1.807, 2.05) is 25.1 Å². The van der Waals surface area contributed by atoms with Crippen LogP contribution in [0.4, 0.5) is 0 Å². The molecule has 4 heterocycles. The number of nitrogens with zero attached hydrogens (tertiary/aromatic N) is 2. The van der Waals surface area contributed by atoms with Crippen LogP contribution in [-0.2, 0) is 54.0 Å². The quantitative estimate of drug-likeness (QED) is 0.0502. The molecule has 0 saturated carbocycles. The van der Waals surface area contributed by atoms with Crippen LogP contribution in [0.2, 0.25) is 0 Å². The lowest BCUT2D eigenvalue weighted by Gasteiger charge is -2.24. The lowest BCUT2D eigenvalue weighted by atomic mass is 9.83. The second-order valence-electron chi connectivity index (χ2n) is 17.6. The summed E-state index contributed by atoms with van der Waals surface area (Å²) in [6.45, 7) is 7.79. The molecule has 1 aromatic rings. The number of amides is 4. The summed E-state index contributed by atoms with van der Waals surface area (Å²) in [6, 6.07) is 10.1. The van der Waals surface area contributed by atoms with Gasteiger partial charge in [-0.15, -0.1) is 0 Å². The fourth-order valence-electron chi connectivity index (χ4n) is 10.0. The molecule has 12 nitrogen and oxygen atoms in total. The van der Waals surface area contributed by atoms with Gasteiger partial charge in [-0.2, -0.15) is 0 Å². The third kappa shape index (κ3) is 14.4. The van der Waals surface area contributed by atoms with E-state index in [0.29, 0.717) is 71.9 Å². The first-order chi connectivity index (χ1) is 29.9.